The van der Waals surface area contributed by atoms with Crippen molar-refractivity contribution in [1.29, 1.82) is 0 Å². The Kier molecular flexibility index (Phi) is 5.71. The van der Waals surface area contributed by atoms with Crippen molar-refractivity contribution >= 4 is 5.91 Å². The Morgan fingerprint density at radius 2 is 1.93 bits per heavy atom. The number of carbonyl (C=O) groups excluding carboxylic acids is 1. The van der Waals surface area contributed by atoms with E-state index < -0.39 is 29.9 Å². The number of pyridine rings is 1. The molecular formula is C18H22F3N5O2. The molecule has 10 heteroatoms. The summed E-state index contributed by atoms with van der Waals surface area (Å²) >= 11 is 0. The number of nitrogens with zero attached hydrogens (tertiary/aromatic N) is 5. The van der Waals surface area contributed by atoms with Gasteiger partial charge in [0.15, 0.2) is 5.82 Å². The third-order valence-electron chi connectivity index (χ3n) is 4.92. The SMILES string of the molecule is Cn1ccnc1C(O)(CC(=O)N1CCN(Cc2cccnc2)CC1)C(F)(F)F. The fourth-order valence-electron chi connectivity index (χ4n) is 3.31. The maximum absolute atomic E-state index is 13.6. The van der Waals surface area contributed by atoms with Crippen molar-refractivity contribution in [3.05, 3.63) is 48.3 Å². The molecule has 28 heavy (non-hydrogen) atoms. The van der Waals surface area contributed by atoms with E-state index in [1.807, 2.05) is 12.1 Å². The van der Waals surface area contributed by atoms with Crippen LogP contribution in [0.1, 0.15) is 17.8 Å². The lowest BCUT2D eigenvalue weighted by atomic mass is 9.96. The van der Waals surface area contributed by atoms with Crippen molar-refractivity contribution in [3.8, 4) is 0 Å². The number of imidazole rings is 1. The molecule has 1 N–H and O–H groups in total. The van der Waals surface area contributed by atoms with Crippen molar-refractivity contribution in [3.63, 3.8) is 0 Å². The van der Waals surface area contributed by atoms with Crippen LogP contribution in [-0.4, -0.2) is 67.7 Å². The fraction of sp³-hybridized carbons (Fsp3) is 0.500. The van der Waals surface area contributed by atoms with Crippen LogP contribution in [0.5, 0.6) is 0 Å². The second-order valence-corrected chi connectivity index (χ2v) is 6.91. The van der Waals surface area contributed by atoms with Crippen LogP contribution >= 0.6 is 0 Å². The summed E-state index contributed by atoms with van der Waals surface area (Å²) in [6.07, 6.45) is -0.216. The number of amides is 1. The third kappa shape index (κ3) is 4.17. The first-order valence-corrected chi connectivity index (χ1v) is 8.86. The van der Waals surface area contributed by atoms with E-state index in [9.17, 15) is 23.1 Å². The highest BCUT2D eigenvalue weighted by atomic mass is 19.4. The van der Waals surface area contributed by atoms with Crippen LogP contribution in [0.15, 0.2) is 36.9 Å². The smallest absolute Gasteiger partial charge is 0.374 e. The number of alkyl halides is 3. The van der Waals surface area contributed by atoms with E-state index >= 15 is 0 Å². The van der Waals surface area contributed by atoms with Crippen LogP contribution in [0, 0.1) is 0 Å². The van der Waals surface area contributed by atoms with Crippen molar-refractivity contribution in [1.82, 2.24) is 24.3 Å². The Bertz CT molecular complexity index is 803. The fourth-order valence-corrected chi connectivity index (χ4v) is 3.31. The lowest BCUT2D eigenvalue weighted by Crippen LogP contribution is -2.52. The maximum Gasteiger partial charge on any atom is 0.425 e. The zero-order valence-electron chi connectivity index (χ0n) is 15.4. The molecule has 3 rings (SSSR count). The number of hydrogen-bond acceptors (Lipinski definition) is 5. The summed E-state index contributed by atoms with van der Waals surface area (Å²) in [5.41, 5.74) is -2.29. The van der Waals surface area contributed by atoms with Gasteiger partial charge in [-0.15, -0.1) is 0 Å². The molecule has 0 radical (unpaired) electrons. The maximum atomic E-state index is 13.6. The van der Waals surface area contributed by atoms with Crippen molar-refractivity contribution in [2.45, 2.75) is 24.7 Å². The van der Waals surface area contributed by atoms with Gasteiger partial charge in [0.25, 0.3) is 0 Å². The molecule has 1 aliphatic heterocycles. The Morgan fingerprint density at radius 3 is 2.46 bits per heavy atom. The van der Waals surface area contributed by atoms with Crippen molar-refractivity contribution in [2.75, 3.05) is 26.2 Å². The molecule has 3 heterocycles. The largest absolute Gasteiger partial charge is 0.425 e. The number of carbonyl (C=O) groups is 1. The molecule has 1 saturated heterocycles. The van der Waals surface area contributed by atoms with Crippen LogP contribution in [0.25, 0.3) is 0 Å². The minimum atomic E-state index is -5.02. The Labute approximate surface area is 160 Å². The van der Waals surface area contributed by atoms with Gasteiger partial charge >= 0.3 is 6.18 Å². The Balaban J connectivity index is 1.63. The summed E-state index contributed by atoms with van der Waals surface area (Å²) in [4.78, 5) is 23.7. The normalized spacial score (nSPS) is 18.1. The van der Waals surface area contributed by atoms with Crippen LogP contribution in [0.4, 0.5) is 13.2 Å². The molecule has 0 spiro atoms. The van der Waals surface area contributed by atoms with E-state index in [2.05, 4.69) is 14.9 Å². The van der Waals surface area contributed by atoms with Crippen LogP contribution < -0.4 is 0 Å². The highest BCUT2D eigenvalue weighted by Gasteiger charge is 2.59. The lowest BCUT2D eigenvalue weighted by Gasteiger charge is -2.37. The van der Waals surface area contributed by atoms with Gasteiger partial charge in [-0.2, -0.15) is 13.2 Å². The van der Waals surface area contributed by atoms with Crippen LogP contribution in [0.3, 0.4) is 0 Å². The quantitative estimate of drug-likeness (QED) is 0.823. The van der Waals surface area contributed by atoms with E-state index in [1.165, 1.54) is 18.1 Å². The molecule has 152 valence electrons. The van der Waals surface area contributed by atoms with Gasteiger partial charge in [0.1, 0.15) is 0 Å². The summed E-state index contributed by atoms with van der Waals surface area (Å²) in [6, 6.07) is 3.78. The van der Waals surface area contributed by atoms with Gasteiger partial charge in [-0.1, -0.05) is 6.07 Å². The van der Waals surface area contributed by atoms with Crippen molar-refractivity contribution < 1.29 is 23.1 Å². The second-order valence-electron chi connectivity index (χ2n) is 6.91. The third-order valence-corrected chi connectivity index (χ3v) is 4.92. The summed E-state index contributed by atoms with van der Waals surface area (Å²) in [7, 11) is 1.35. The zero-order valence-corrected chi connectivity index (χ0v) is 15.4. The predicted octanol–water partition coefficient (Wildman–Crippen LogP) is 1.30. The average Bonchev–Trinajstić information content (AvgIpc) is 3.08. The van der Waals surface area contributed by atoms with Gasteiger partial charge in [-0.3, -0.25) is 14.7 Å². The number of aliphatic hydroxyl groups is 1. The number of aryl methyl sites for hydroxylation is 1. The summed E-state index contributed by atoms with van der Waals surface area (Å²) in [6.45, 7) is 2.33. The minimum absolute atomic E-state index is 0.299. The van der Waals surface area contributed by atoms with Crippen LogP contribution in [0.2, 0.25) is 0 Å². The van der Waals surface area contributed by atoms with E-state index in [4.69, 9.17) is 0 Å². The molecule has 0 bridgehead atoms. The van der Waals surface area contributed by atoms with Gasteiger partial charge in [0, 0.05) is 64.6 Å². The summed E-state index contributed by atoms with van der Waals surface area (Å²) in [5, 5.41) is 10.4. The molecular weight excluding hydrogens is 375 g/mol. The zero-order chi connectivity index (χ0) is 20.4. The number of aromatic nitrogens is 3. The first kappa shape index (κ1) is 20.3. The van der Waals surface area contributed by atoms with E-state index in [1.54, 1.807) is 12.4 Å². The molecule has 2 aromatic rings. The molecule has 0 aliphatic carbocycles. The van der Waals surface area contributed by atoms with Gasteiger partial charge in [0.05, 0.1) is 6.42 Å². The van der Waals surface area contributed by atoms with Gasteiger partial charge in [0.2, 0.25) is 11.5 Å². The van der Waals surface area contributed by atoms with Gasteiger partial charge < -0.3 is 14.6 Å². The molecule has 1 unspecified atom stereocenters. The minimum Gasteiger partial charge on any atom is -0.374 e. The predicted molar refractivity (Wildman–Crippen MR) is 93.9 cm³/mol. The highest BCUT2D eigenvalue weighted by molar-refractivity contribution is 5.77. The molecule has 1 fully saturated rings. The Morgan fingerprint density at radius 1 is 1.21 bits per heavy atom. The van der Waals surface area contributed by atoms with E-state index in [0.717, 1.165) is 16.3 Å². The average molecular weight is 397 g/mol. The monoisotopic (exact) mass is 397 g/mol. The van der Waals surface area contributed by atoms with E-state index in [0.29, 0.717) is 32.7 Å². The van der Waals surface area contributed by atoms with E-state index in [-0.39, 0.29) is 0 Å². The highest BCUT2D eigenvalue weighted by Crippen LogP contribution is 2.41. The number of rotatable bonds is 5. The lowest BCUT2D eigenvalue weighted by molar-refractivity contribution is -0.272. The molecule has 2 aromatic heterocycles. The van der Waals surface area contributed by atoms with Gasteiger partial charge in [-0.05, 0) is 11.6 Å². The van der Waals surface area contributed by atoms with Gasteiger partial charge in [-0.25, -0.2) is 4.98 Å². The summed E-state index contributed by atoms with van der Waals surface area (Å²) in [5.74, 6) is -1.34. The molecule has 1 amide bonds. The molecule has 1 aliphatic rings. The topological polar surface area (TPSA) is 74.5 Å². The standard InChI is InChI=1S/C18H22F3N5O2/c1-24-6-5-23-16(24)17(28,18(19,20)21)11-15(27)26-9-7-25(8-10-26)13-14-3-2-4-22-12-14/h2-6,12,28H,7-11,13H2,1H3. The molecule has 0 saturated carbocycles. The molecule has 0 aromatic carbocycles. The number of hydrogen-bond donors (Lipinski definition) is 1. The summed E-state index contributed by atoms with van der Waals surface area (Å²) < 4.78 is 41.8. The number of piperazine rings is 1. The second kappa shape index (κ2) is 7.88. The Hall–Kier alpha value is -2.46. The first-order valence-electron chi connectivity index (χ1n) is 8.86. The molecule has 1 atom stereocenters. The molecule has 7 nitrogen and oxygen atoms in total. The number of halogens is 3. The van der Waals surface area contributed by atoms with Crippen molar-refractivity contribution in [2.24, 2.45) is 7.05 Å². The van der Waals surface area contributed by atoms with Crippen LogP contribution in [-0.2, 0) is 24.0 Å². The first-order chi connectivity index (χ1) is 13.2.